The van der Waals surface area contributed by atoms with Gasteiger partial charge in [0.25, 0.3) is 5.91 Å². The lowest BCUT2D eigenvalue weighted by Crippen LogP contribution is -2.26. The van der Waals surface area contributed by atoms with E-state index in [9.17, 15) is 14.0 Å². The number of ether oxygens (including phenoxy) is 3. The number of anilines is 2. The van der Waals surface area contributed by atoms with Gasteiger partial charge in [0.05, 0.1) is 25.3 Å². The maximum Gasteiger partial charge on any atom is 0.261 e. The zero-order valence-corrected chi connectivity index (χ0v) is 27.6. The molecule has 11 nitrogen and oxygen atoms in total. The highest BCUT2D eigenvalue weighted by atomic mass is 19.1. The molecule has 3 aromatic carbocycles. The number of nitrogens with one attached hydrogen (secondary N) is 1. The van der Waals surface area contributed by atoms with Gasteiger partial charge in [0.1, 0.15) is 23.5 Å². The number of halogens is 1. The molecule has 0 spiro atoms. The molecule has 50 heavy (non-hydrogen) atoms. The molecule has 0 atom stereocenters. The van der Waals surface area contributed by atoms with Crippen LogP contribution in [0.4, 0.5) is 15.9 Å². The fraction of sp³-hybridized carbons (Fsp3) is 0.211. The van der Waals surface area contributed by atoms with E-state index in [-0.39, 0.29) is 5.56 Å². The van der Waals surface area contributed by atoms with Crippen molar-refractivity contribution >= 4 is 28.4 Å². The molecule has 0 aliphatic carbocycles. The number of carbonyl (C=O) groups is 1. The molecule has 1 aliphatic rings. The van der Waals surface area contributed by atoms with Gasteiger partial charge in [-0.25, -0.2) is 14.4 Å². The maximum atomic E-state index is 13.7. The molecule has 0 unspecified atom stereocenters. The summed E-state index contributed by atoms with van der Waals surface area (Å²) in [6.45, 7) is 1.97. The molecule has 12 heteroatoms. The van der Waals surface area contributed by atoms with Crippen LogP contribution in [0, 0.1) is 11.7 Å². The van der Waals surface area contributed by atoms with E-state index in [4.69, 9.17) is 19.9 Å². The lowest BCUT2D eigenvalue weighted by Gasteiger charge is -2.23. The molecule has 0 radical (unpaired) electrons. The Labute approximate surface area is 287 Å². The molecule has 1 amide bonds. The van der Waals surface area contributed by atoms with E-state index in [2.05, 4.69) is 15.3 Å². The van der Waals surface area contributed by atoms with Crippen LogP contribution in [0.25, 0.3) is 39.0 Å². The van der Waals surface area contributed by atoms with Crippen molar-refractivity contribution in [2.24, 2.45) is 5.92 Å². The van der Waals surface area contributed by atoms with Gasteiger partial charge in [-0.2, -0.15) is 0 Å². The number of pyridine rings is 1. The van der Waals surface area contributed by atoms with E-state index in [0.717, 1.165) is 29.7 Å². The van der Waals surface area contributed by atoms with E-state index in [1.807, 2.05) is 45.7 Å². The van der Waals surface area contributed by atoms with Crippen LogP contribution in [0.3, 0.4) is 0 Å². The third kappa shape index (κ3) is 6.40. The standard InChI is InChI=1S/C38H35FN6O5/c1-48-32-12-11-28(17-33(32)49-2)45-21-29(34-36(40)41-22-42-37(34)45)24-5-9-27(10-6-24)43-38(47)31-20-44(18-23-13-15-50-16-14-23)19-30(35(31)46)25-3-7-26(39)8-4-25/h3-12,17,19-23H,13-16,18H2,1-2H3,(H,43,47)(H2,40,41,42). The van der Waals surface area contributed by atoms with Crippen molar-refractivity contribution in [3.05, 3.63) is 113 Å². The first kappa shape index (κ1) is 32.5. The number of methoxy groups -OCH3 is 2. The Morgan fingerprint density at radius 3 is 2.34 bits per heavy atom. The molecule has 3 aromatic heterocycles. The minimum Gasteiger partial charge on any atom is -0.493 e. The van der Waals surface area contributed by atoms with Crippen molar-refractivity contribution in [2.75, 3.05) is 38.5 Å². The van der Waals surface area contributed by atoms with Crippen LogP contribution in [0.15, 0.2) is 96.4 Å². The van der Waals surface area contributed by atoms with Gasteiger partial charge >= 0.3 is 0 Å². The molecule has 4 heterocycles. The lowest BCUT2D eigenvalue weighted by molar-refractivity contribution is 0.0612. The molecule has 3 N–H and O–H groups in total. The minimum atomic E-state index is -0.546. The summed E-state index contributed by atoms with van der Waals surface area (Å²) >= 11 is 0. The number of carbonyl (C=O) groups excluding carboxylic acids is 1. The molecule has 1 fully saturated rings. The van der Waals surface area contributed by atoms with Crippen molar-refractivity contribution < 1.29 is 23.4 Å². The Kier molecular flexibility index (Phi) is 9.01. The van der Waals surface area contributed by atoms with E-state index in [1.165, 1.54) is 18.5 Å². The topological polar surface area (TPSA) is 136 Å². The van der Waals surface area contributed by atoms with Crippen LogP contribution in [-0.2, 0) is 11.3 Å². The largest absolute Gasteiger partial charge is 0.493 e. The Morgan fingerprint density at radius 2 is 1.62 bits per heavy atom. The number of rotatable bonds is 9. The second-order valence-electron chi connectivity index (χ2n) is 12.1. The molecule has 1 aliphatic heterocycles. The number of nitrogen functional groups attached to an aromatic ring is 1. The van der Waals surface area contributed by atoms with Crippen LogP contribution < -0.4 is 26.0 Å². The summed E-state index contributed by atoms with van der Waals surface area (Å²) in [6, 6.07) is 18.5. The summed E-state index contributed by atoms with van der Waals surface area (Å²) in [4.78, 5) is 36.1. The number of hydrogen-bond acceptors (Lipinski definition) is 8. The van der Waals surface area contributed by atoms with E-state index in [0.29, 0.717) is 70.8 Å². The molecule has 6 aromatic rings. The van der Waals surface area contributed by atoms with Gasteiger partial charge in [-0.1, -0.05) is 24.3 Å². The maximum absolute atomic E-state index is 13.7. The number of aromatic nitrogens is 4. The second kappa shape index (κ2) is 13.8. The van der Waals surface area contributed by atoms with Crippen LogP contribution >= 0.6 is 0 Å². The van der Waals surface area contributed by atoms with Gasteiger partial charge < -0.3 is 34.4 Å². The number of fused-ring (bicyclic) bond motifs is 1. The molecule has 7 rings (SSSR count). The van der Waals surface area contributed by atoms with E-state index >= 15 is 0 Å². The predicted molar refractivity (Wildman–Crippen MR) is 189 cm³/mol. The summed E-state index contributed by atoms with van der Waals surface area (Å²) < 4.78 is 33.9. The van der Waals surface area contributed by atoms with Crippen LogP contribution in [0.1, 0.15) is 23.2 Å². The highest BCUT2D eigenvalue weighted by Gasteiger charge is 2.21. The molecule has 254 valence electrons. The second-order valence-corrected chi connectivity index (χ2v) is 12.1. The van der Waals surface area contributed by atoms with Gasteiger partial charge in [0.2, 0.25) is 5.43 Å². The smallest absolute Gasteiger partial charge is 0.261 e. The third-order valence-electron chi connectivity index (χ3n) is 9.00. The third-order valence-corrected chi connectivity index (χ3v) is 9.00. The average molecular weight is 675 g/mol. The monoisotopic (exact) mass is 674 g/mol. The van der Waals surface area contributed by atoms with E-state index in [1.54, 1.807) is 50.9 Å². The van der Waals surface area contributed by atoms with Gasteiger partial charge in [0, 0.05) is 61.2 Å². The lowest BCUT2D eigenvalue weighted by atomic mass is 9.99. The predicted octanol–water partition coefficient (Wildman–Crippen LogP) is 6.33. The van der Waals surface area contributed by atoms with Gasteiger partial charge in [0.15, 0.2) is 17.1 Å². The number of benzene rings is 3. The average Bonchev–Trinajstić information content (AvgIpc) is 3.54. The normalized spacial score (nSPS) is 13.3. The first-order valence-corrected chi connectivity index (χ1v) is 16.2. The van der Waals surface area contributed by atoms with Crippen LogP contribution in [0.5, 0.6) is 11.5 Å². The Bertz CT molecular complexity index is 2240. The first-order chi connectivity index (χ1) is 24.3. The van der Waals surface area contributed by atoms with E-state index < -0.39 is 17.2 Å². The molecule has 0 saturated carbocycles. The van der Waals surface area contributed by atoms with Gasteiger partial charge in [-0.3, -0.25) is 9.59 Å². The highest BCUT2D eigenvalue weighted by Crippen LogP contribution is 2.37. The van der Waals surface area contributed by atoms with Crippen molar-refractivity contribution in [1.82, 2.24) is 19.1 Å². The summed E-state index contributed by atoms with van der Waals surface area (Å²) in [5.41, 5.74) is 10.3. The SMILES string of the molecule is COc1ccc(-n2cc(-c3ccc(NC(=O)c4cn(CC5CCOCC5)cc(-c5ccc(F)cc5)c4=O)cc3)c3c(N)ncnc32)cc1OC. The fourth-order valence-corrected chi connectivity index (χ4v) is 6.37. The molecule has 0 bridgehead atoms. The van der Waals surface area contributed by atoms with Gasteiger partial charge in [-0.15, -0.1) is 0 Å². The minimum absolute atomic E-state index is 0.00845. The Hall–Kier alpha value is -6.01. The summed E-state index contributed by atoms with van der Waals surface area (Å²) in [5, 5.41) is 3.56. The van der Waals surface area contributed by atoms with Crippen LogP contribution in [0.2, 0.25) is 0 Å². The molecular weight excluding hydrogens is 639 g/mol. The number of hydrogen-bond donors (Lipinski definition) is 2. The van der Waals surface area contributed by atoms with Crippen LogP contribution in [-0.4, -0.2) is 52.4 Å². The fourth-order valence-electron chi connectivity index (χ4n) is 6.37. The Morgan fingerprint density at radius 1 is 0.920 bits per heavy atom. The zero-order valence-electron chi connectivity index (χ0n) is 27.6. The van der Waals surface area contributed by atoms with Crippen molar-refractivity contribution in [1.29, 1.82) is 0 Å². The summed E-state index contributed by atoms with van der Waals surface area (Å²) in [6.07, 6.45) is 8.45. The zero-order chi connectivity index (χ0) is 34.8. The highest BCUT2D eigenvalue weighted by molar-refractivity contribution is 6.05. The summed E-state index contributed by atoms with van der Waals surface area (Å²) in [5.74, 6) is 0.867. The number of nitrogens with two attached hydrogens (primary N) is 1. The number of nitrogens with zero attached hydrogens (tertiary/aromatic N) is 4. The molecular formula is C38H35FN6O5. The van der Waals surface area contributed by atoms with Crippen molar-refractivity contribution in [3.63, 3.8) is 0 Å². The quantitative estimate of drug-likeness (QED) is 0.182. The summed E-state index contributed by atoms with van der Waals surface area (Å²) in [7, 11) is 3.16. The Balaban J connectivity index is 1.20. The van der Waals surface area contributed by atoms with Crippen molar-refractivity contribution in [2.45, 2.75) is 19.4 Å². The first-order valence-electron chi connectivity index (χ1n) is 16.2. The molecule has 1 saturated heterocycles. The van der Waals surface area contributed by atoms with Gasteiger partial charge in [-0.05, 0) is 66.3 Å². The van der Waals surface area contributed by atoms with Crippen molar-refractivity contribution in [3.8, 4) is 39.4 Å². The number of amides is 1.